The van der Waals surface area contributed by atoms with E-state index in [1.54, 1.807) is 36.4 Å². The molecular formula is C22H21N3O4S. The average molecular weight is 423 g/mol. The minimum Gasteiger partial charge on any atom is -0.504 e. The van der Waals surface area contributed by atoms with Gasteiger partial charge >= 0.3 is 0 Å². The summed E-state index contributed by atoms with van der Waals surface area (Å²) in [5, 5.41) is 23.9. The zero-order valence-corrected chi connectivity index (χ0v) is 17.3. The fourth-order valence-corrected chi connectivity index (χ4v) is 2.90. The lowest BCUT2D eigenvalue weighted by Gasteiger charge is -2.04. The number of hydrogen-bond acceptors (Lipinski definition) is 6. The smallest absolute Gasteiger partial charge is 0.191 e. The Balaban J connectivity index is 1.87. The monoisotopic (exact) mass is 423 g/mol. The molecule has 0 aliphatic carbocycles. The Hall–Kier alpha value is -3.78. The molecule has 0 saturated carbocycles. The van der Waals surface area contributed by atoms with Crippen LogP contribution in [0, 0.1) is 0 Å². The van der Waals surface area contributed by atoms with Gasteiger partial charge in [0.05, 0.1) is 25.6 Å². The summed E-state index contributed by atoms with van der Waals surface area (Å²) < 4.78 is 11.7. The third-order valence-electron chi connectivity index (χ3n) is 4.27. The van der Waals surface area contributed by atoms with E-state index in [2.05, 4.69) is 5.10 Å². The second-order valence-electron chi connectivity index (χ2n) is 6.27. The molecule has 0 bridgehead atoms. The van der Waals surface area contributed by atoms with Gasteiger partial charge in [-0.05, 0) is 65.8 Å². The molecule has 30 heavy (non-hydrogen) atoms. The van der Waals surface area contributed by atoms with Crippen LogP contribution < -0.4 is 15.2 Å². The normalized spacial score (nSPS) is 11.3. The summed E-state index contributed by atoms with van der Waals surface area (Å²) in [6.45, 7) is 0. The fraction of sp³-hybridized carbons (Fsp3) is 0.0909. The summed E-state index contributed by atoms with van der Waals surface area (Å²) in [5.41, 5.74) is 8.81. The van der Waals surface area contributed by atoms with E-state index in [1.807, 2.05) is 30.4 Å². The molecule has 4 N–H and O–H groups in total. The number of methoxy groups -OCH3 is 2. The Bertz CT molecular complexity index is 1140. The number of thiocarbonyl (C=S) groups is 1. The molecule has 0 fully saturated rings. The zero-order valence-electron chi connectivity index (χ0n) is 16.4. The first kappa shape index (κ1) is 20.9. The van der Waals surface area contributed by atoms with Crippen LogP contribution in [0.1, 0.15) is 22.5 Å². The largest absolute Gasteiger partial charge is 0.504 e. The van der Waals surface area contributed by atoms with Crippen molar-refractivity contribution >= 4 is 41.6 Å². The van der Waals surface area contributed by atoms with E-state index >= 15 is 0 Å². The Morgan fingerprint density at radius 3 is 1.93 bits per heavy atom. The van der Waals surface area contributed by atoms with Gasteiger partial charge in [-0.2, -0.15) is 5.10 Å². The maximum Gasteiger partial charge on any atom is 0.191 e. The first-order chi connectivity index (χ1) is 14.4. The van der Waals surface area contributed by atoms with Crippen LogP contribution in [-0.2, 0) is 0 Å². The first-order valence-corrected chi connectivity index (χ1v) is 9.32. The molecule has 1 aromatic heterocycles. The van der Waals surface area contributed by atoms with E-state index in [-0.39, 0.29) is 16.6 Å². The Morgan fingerprint density at radius 2 is 1.43 bits per heavy atom. The molecular weight excluding hydrogens is 402 g/mol. The SMILES string of the molecule is COc1cc(/C=C/c2cc(/C=C/c3ccc(O)c(OC)c3)n(C(N)=S)n2)ccc1O. The number of phenolic OH excluding ortho intramolecular Hbond substituents is 2. The van der Waals surface area contributed by atoms with Crippen LogP contribution in [0.4, 0.5) is 0 Å². The number of aromatic nitrogens is 2. The van der Waals surface area contributed by atoms with Gasteiger partial charge in [0.2, 0.25) is 0 Å². The van der Waals surface area contributed by atoms with E-state index in [4.69, 9.17) is 27.4 Å². The third-order valence-corrected chi connectivity index (χ3v) is 4.44. The quantitative estimate of drug-likeness (QED) is 0.519. The minimum absolute atomic E-state index is 0.0705. The predicted octanol–water partition coefficient (Wildman–Crippen LogP) is 3.74. The first-order valence-electron chi connectivity index (χ1n) is 8.91. The highest BCUT2D eigenvalue weighted by Gasteiger charge is 2.07. The molecule has 0 aliphatic rings. The van der Waals surface area contributed by atoms with Gasteiger partial charge < -0.3 is 25.4 Å². The molecule has 0 aliphatic heterocycles. The van der Waals surface area contributed by atoms with Crippen molar-refractivity contribution in [3.05, 3.63) is 65.0 Å². The van der Waals surface area contributed by atoms with Gasteiger partial charge in [0.25, 0.3) is 0 Å². The molecule has 3 rings (SSSR count). The molecule has 3 aromatic rings. The number of ether oxygens (including phenoxy) is 2. The lowest BCUT2D eigenvalue weighted by Crippen LogP contribution is -2.21. The van der Waals surface area contributed by atoms with Crippen molar-refractivity contribution in [1.82, 2.24) is 9.78 Å². The number of hydrogen-bond donors (Lipinski definition) is 3. The van der Waals surface area contributed by atoms with E-state index in [9.17, 15) is 10.2 Å². The van der Waals surface area contributed by atoms with Crippen molar-refractivity contribution in [1.29, 1.82) is 0 Å². The van der Waals surface area contributed by atoms with Gasteiger partial charge in [-0.1, -0.05) is 24.3 Å². The van der Waals surface area contributed by atoms with Gasteiger partial charge in [0.15, 0.2) is 28.1 Å². The lowest BCUT2D eigenvalue weighted by atomic mass is 10.1. The number of nitrogens with zero attached hydrogens (tertiary/aromatic N) is 2. The number of nitrogens with two attached hydrogens (primary N) is 1. The number of benzene rings is 2. The fourth-order valence-electron chi connectivity index (χ4n) is 2.75. The van der Waals surface area contributed by atoms with Crippen molar-refractivity contribution in [3.63, 3.8) is 0 Å². The van der Waals surface area contributed by atoms with Gasteiger partial charge in [0, 0.05) is 0 Å². The van der Waals surface area contributed by atoms with Gasteiger partial charge in [-0.25, -0.2) is 4.68 Å². The average Bonchev–Trinajstić information content (AvgIpc) is 3.16. The van der Waals surface area contributed by atoms with Crippen molar-refractivity contribution in [3.8, 4) is 23.0 Å². The molecule has 0 saturated heterocycles. The molecule has 154 valence electrons. The zero-order chi connectivity index (χ0) is 21.7. The highest BCUT2D eigenvalue weighted by Crippen LogP contribution is 2.28. The number of phenols is 2. The molecule has 0 amide bonds. The molecule has 0 spiro atoms. The standard InChI is InChI=1S/C22H21N3O4S/c1-28-20-11-14(5-9-18(20)26)3-7-16-13-17(25(24-16)22(23)30)8-4-15-6-10-19(27)21(12-15)29-2/h3-13,26-27H,1-2H3,(H2,23,30)/b7-3+,8-4+. The highest BCUT2D eigenvalue weighted by molar-refractivity contribution is 7.80. The second-order valence-corrected chi connectivity index (χ2v) is 6.69. The van der Waals surface area contributed by atoms with Crippen molar-refractivity contribution in [2.75, 3.05) is 14.2 Å². The van der Waals surface area contributed by atoms with E-state index in [0.29, 0.717) is 22.9 Å². The molecule has 2 aromatic carbocycles. The van der Waals surface area contributed by atoms with Crippen molar-refractivity contribution in [2.45, 2.75) is 0 Å². The molecule has 7 nitrogen and oxygen atoms in total. The van der Waals surface area contributed by atoms with Crippen molar-refractivity contribution < 1.29 is 19.7 Å². The Morgan fingerprint density at radius 1 is 0.900 bits per heavy atom. The molecule has 1 heterocycles. The Labute approximate surface area is 179 Å². The molecule has 0 atom stereocenters. The second kappa shape index (κ2) is 9.15. The van der Waals surface area contributed by atoms with Gasteiger partial charge in [-0.15, -0.1) is 0 Å². The predicted molar refractivity (Wildman–Crippen MR) is 122 cm³/mol. The maximum atomic E-state index is 9.72. The topological polar surface area (TPSA) is 103 Å². The van der Waals surface area contributed by atoms with Gasteiger partial charge in [-0.3, -0.25) is 0 Å². The summed E-state index contributed by atoms with van der Waals surface area (Å²) in [5.74, 6) is 0.915. The summed E-state index contributed by atoms with van der Waals surface area (Å²) in [7, 11) is 2.99. The van der Waals surface area contributed by atoms with Crippen LogP contribution in [0.2, 0.25) is 0 Å². The van der Waals surface area contributed by atoms with Crippen LogP contribution in [0.25, 0.3) is 24.3 Å². The van der Waals surface area contributed by atoms with Crippen LogP contribution in [0.5, 0.6) is 23.0 Å². The molecule has 0 radical (unpaired) electrons. The molecule has 8 heteroatoms. The van der Waals surface area contributed by atoms with Crippen molar-refractivity contribution in [2.24, 2.45) is 5.73 Å². The highest BCUT2D eigenvalue weighted by atomic mass is 32.1. The summed E-state index contributed by atoms with van der Waals surface area (Å²) >= 11 is 5.10. The van der Waals surface area contributed by atoms with Gasteiger partial charge in [0.1, 0.15) is 0 Å². The molecule has 0 unspecified atom stereocenters. The number of rotatable bonds is 6. The maximum absolute atomic E-state index is 9.72. The van der Waals surface area contributed by atoms with Crippen LogP contribution in [-0.4, -0.2) is 39.3 Å². The summed E-state index contributed by atoms with van der Waals surface area (Å²) in [6.07, 6.45) is 7.30. The third kappa shape index (κ3) is 4.79. The van der Waals surface area contributed by atoms with Crippen LogP contribution >= 0.6 is 12.2 Å². The lowest BCUT2D eigenvalue weighted by molar-refractivity contribution is 0.373. The summed E-state index contributed by atoms with van der Waals surface area (Å²) in [6, 6.07) is 11.9. The van der Waals surface area contributed by atoms with Crippen LogP contribution in [0.15, 0.2) is 42.5 Å². The van der Waals surface area contributed by atoms with E-state index < -0.39 is 0 Å². The van der Waals surface area contributed by atoms with E-state index in [0.717, 1.165) is 11.1 Å². The van der Waals surface area contributed by atoms with E-state index in [1.165, 1.54) is 18.9 Å². The summed E-state index contributed by atoms with van der Waals surface area (Å²) in [4.78, 5) is 0. The number of aromatic hydroxyl groups is 2. The minimum atomic E-state index is 0.0705. The Kier molecular flexibility index (Phi) is 6.38. The van der Waals surface area contributed by atoms with Crippen LogP contribution in [0.3, 0.4) is 0 Å².